The van der Waals surface area contributed by atoms with Gasteiger partial charge in [-0.1, -0.05) is 32.0 Å². The van der Waals surface area contributed by atoms with E-state index in [1.165, 1.54) is 6.92 Å². The van der Waals surface area contributed by atoms with Crippen LogP contribution in [-0.2, 0) is 25.6 Å². The summed E-state index contributed by atoms with van der Waals surface area (Å²) in [6.07, 6.45) is 1.06. The fourth-order valence-corrected chi connectivity index (χ4v) is 3.52. The zero-order valence-corrected chi connectivity index (χ0v) is 19.5. The second-order valence-corrected chi connectivity index (χ2v) is 8.70. The molecule has 1 aromatic carbocycles. The zero-order chi connectivity index (χ0) is 25.4. The number of aliphatic carboxylic acids is 1. The molecule has 34 heavy (non-hydrogen) atoms. The number of carbonyl (C=O) groups is 4. The number of amides is 3. The maximum atomic E-state index is 12.7. The van der Waals surface area contributed by atoms with E-state index in [1.54, 1.807) is 6.20 Å². The van der Waals surface area contributed by atoms with E-state index in [-0.39, 0.29) is 12.3 Å². The quantitative estimate of drug-likeness (QED) is 0.218. The number of aliphatic hydroxyl groups excluding tert-OH is 1. The van der Waals surface area contributed by atoms with Gasteiger partial charge < -0.3 is 36.9 Å². The third kappa shape index (κ3) is 7.56. The van der Waals surface area contributed by atoms with Crippen molar-refractivity contribution in [1.82, 2.24) is 20.9 Å². The van der Waals surface area contributed by atoms with Crippen molar-refractivity contribution >= 4 is 34.6 Å². The lowest BCUT2D eigenvalue weighted by Crippen LogP contribution is -2.55. The topological polar surface area (TPSA) is 187 Å². The van der Waals surface area contributed by atoms with Crippen LogP contribution in [0.4, 0.5) is 0 Å². The monoisotopic (exact) mass is 475 g/mol. The summed E-state index contributed by atoms with van der Waals surface area (Å²) in [7, 11) is 0. The SMILES string of the molecule is CC(C)CC(NC(=O)C(N)Cc1c[nH]c2ccccc12)C(=O)NCC(=O)NC(C(=O)O)C(C)O. The number of aromatic amines is 1. The summed E-state index contributed by atoms with van der Waals surface area (Å²) < 4.78 is 0. The van der Waals surface area contributed by atoms with Crippen LogP contribution in [0.3, 0.4) is 0 Å². The fourth-order valence-electron chi connectivity index (χ4n) is 3.52. The molecule has 0 aliphatic carbocycles. The fraction of sp³-hybridized carbons (Fsp3) is 0.478. The maximum Gasteiger partial charge on any atom is 0.328 e. The van der Waals surface area contributed by atoms with Gasteiger partial charge in [0.15, 0.2) is 6.04 Å². The summed E-state index contributed by atoms with van der Waals surface area (Å²) in [5, 5.41) is 26.6. The predicted molar refractivity (Wildman–Crippen MR) is 126 cm³/mol. The summed E-state index contributed by atoms with van der Waals surface area (Å²) in [5.41, 5.74) is 7.92. The van der Waals surface area contributed by atoms with Crippen LogP contribution in [0.2, 0.25) is 0 Å². The number of nitrogens with two attached hydrogens (primary N) is 1. The minimum atomic E-state index is -1.50. The van der Waals surface area contributed by atoms with E-state index >= 15 is 0 Å². The number of rotatable bonds is 12. The van der Waals surface area contributed by atoms with Crippen LogP contribution in [0.25, 0.3) is 10.9 Å². The van der Waals surface area contributed by atoms with E-state index in [2.05, 4.69) is 20.9 Å². The molecule has 4 unspecified atom stereocenters. The Bertz CT molecular complexity index is 1020. The number of hydrogen-bond acceptors (Lipinski definition) is 6. The first-order valence-electron chi connectivity index (χ1n) is 11.1. The summed E-state index contributed by atoms with van der Waals surface area (Å²) in [6.45, 7) is 4.47. The van der Waals surface area contributed by atoms with Crippen molar-refractivity contribution in [3.8, 4) is 0 Å². The number of carboxylic acids is 1. The van der Waals surface area contributed by atoms with Crippen LogP contribution in [0.1, 0.15) is 32.8 Å². The largest absolute Gasteiger partial charge is 0.480 e. The molecule has 0 saturated carbocycles. The minimum Gasteiger partial charge on any atom is -0.480 e. The van der Waals surface area contributed by atoms with Gasteiger partial charge in [-0.2, -0.15) is 0 Å². The molecule has 2 aromatic rings. The number of carbonyl (C=O) groups excluding carboxylic acids is 3. The van der Waals surface area contributed by atoms with E-state index in [0.29, 0.717) is 6.42 Å². The van der Waals surface area contributed by atoms with Crippen LogP contribution in [0.5, 0.6) is 0 Å². The molecule has 8 N–H and O–H groups in total. The highest BCUT2D eigenvalue weighted by molar-refractivity contribution is 5.93. The van der Waals surface area contributed by atoms with E-state index in [9.17, 15) is 24.3 Å². The molecule has 0 fully saturated rings. The van der Waals surface area contributed by atoms with E-state index < -0.39 is 54.5 Å². The van der Waals surface area contributed by atoms with Gasteiger partial charge in [0, 0.05) is 17.1 Å². The van der Waals surface area contributed by atoms with Crippen molar-refractivity contribution in [2.45, 2.75) is 57.8 Å². The Hall–Kier alpha value is -3.44. The van der Waals surface area contributed by atoms with Crippen molar-refractivity contribution < 1.29 is 29.4 Å². The number of carboxylic acid groups (broad SMARTS) is 1. The minimum absolute atomic E-state index is 0.0568. The first-order valence-corrected chi connectivity index (χ1v) is 11.1. The molecule has 1 heterocycles. The lowest BCUT2D eigenvalue weighted by atomic mass is 10.0. The lowest BCUT2D eigenvalue weighted by molar-refractivity contribution is -0.144. The van der Waals surface area contributed by atoms with Gasteiger partial charge >= 0.3 is 5.97 Å². The van der Waals surface area contributed by atoms with Gasteiger partial charge in [0.2, 0.25) is 17.7 Å². The average Bonchev–Trinajstić information content (AvgIpc) is 3.17. The molecule has 0 radical (unpaired) electrons. The molecule has 11 heteroatoms. The Kier molecular flexibility index (Phi) is 9.58. The van der Waals surface area contributed by atoms with Gasteiger partial charge in [-0.15, -0.1) is 0 Å². The molecule has 3 amide bonds. The highest BCUT2D eigenvalue weighted by atomic mass is 16.4. The summed E-state index contributed by atoms with van der Waals surface area (Å²) >= 11 is 0. The van der Waals surface area contributed by atoms with Gasteiger partial charge in [-0.25, -0.2) is 4.79 Å². The Labute approximate surface area is 197 Å². The summed E-state index contributed by atoms with van der Waals surface area (Å²) in [5.74, 6) is -3.23. The molecule has 2 rings (SSSR count). The Morgan fingerprint density at radius 3 is 2.35 bits per heavy atom. The molecule has 0 bridgehead atoms. The molecular weight excluding hydrogens is 442 g/mol. The number of para-hydroxylation sites is 1. The second kappa shape index (κ2) is 12.1. The molecule has 0 aliphatic heterocycles. The summed E-state index contributed by atoms with van der Waals surface area (Å²) in [6, 6.07) is 4.31. The molecular formula is C23H33N5O6. The van der Waals surface area contributed by atoms with Gasteiger partial charge in [-0.3, -0.25) is 14.4 Å². The van der Waals surface area contributed by atoms with Crippen molar-refractivity contribution in [2.24, 2.45) is 11.7 Å². The van der Waals surface area contributed by atoms with Crippen molar-refractivity contribution in [1.29, 1.82) is 0 Å². The van der Waals surface area contributed by atoms with Gasteiger partial charge in [0.25, 0.3) is 0 Å². The Morgan fingerprint density at radius 1 is 1.06 bits per heavy atom. The van der Waals surface area contributed by atoms with Gasteiger partial charge in [0.1, 0.15) is 6.04 Å². The lowest BCUT2D eigenvalue weighted by Gasteiger charge is -2.22. The second-order valence-electron chi connectivity index (χ2n) is 8.70. The van der Waals surface area contributed by atoms with Gasteiger partial charge in [-0.05, 0) is 37.3 Å². The maximum absolute atomic E-state index is 12.7. The first-order chi connectivity index (χ1) is 16.0. The molecule has 0 saturated heterocycles. The molecule has 4 atom stereocenters. The number of H-pyrrole nitrogens is 1. The summed E-state index contributed by atoms with van der Waals surface area (Å²) in [4.78, 5) is 51.6. The average molecular weight is 476 g/mol. The number of aliphatic hydroxyl groups is 1. The molecule has 0 spiro atoms. The van der Waals surface area contributed by atoms with Crippen molar-refractivity contribution in [3.05, 3.63) is 36.0 Å². The zero-order valence-electron chi connectivity index (χ0n) is 19.5. The number of hydrogen-bond donors (Lipinski definition) is 7. The number of nitrogens with one attached hydrogen (secondary N) is 4. The first kappa shape index (κ1) is 26.8. The molecule has 1 aromatic heterocycles. The van der Waals surface area contributed by atoms with Crippen molar-refractivity contribution in [3.63, 3.8) is 0 Å². The highest BCUT2D eigenvalue weighted by Crippen LogP contribution is 2.19. The third-order valence-electron chi connectivity index (χ3n) is 5.28. The molecule has 11 nitrogen and oxygen atoms in total. The molecule has 186 valence electrons. The standard InChI is InChI=1S/C23H33N5O6/c1-12(2)8-18(22(32)26-11-19(30)28-20(13(3)29)23(33)34)27-21(31)16(24)9-14-10-25-17-7-5-4-6-15(14)17/h4-7,10,12-13,16,18,20,25,29H,8-9,11,24H2,1-3H3,(H,26,32)(H,27,31)(H,28,30)(H,33,34). The van der Waals surface area contributed by atoms with E-state index in [4.69, 9.17) is 10.8 Å². The van der Waals surface area contributed by atoms with E-state index in [1.807, 2.05) is 38.1 Å². The van der Waals surface area contributed by atoms with Crippen LogP contribution >= 0.6 is 0 Å². The number of fused-ring (bicyclic) bond motifs is 1. The third-order valence-corrected chi connectivity index (χ3v) is 5.28. The van der Waals surface area contributed by atoms with Crippen molar-refractivity contribution in [2.75, 3.05) is 6.54 Å². The molecule has 0 aliphatic rings. The van der Waals surface area contributed by atoms with Crippen LogP contribution in [0.15, 0.2) is 30.5 Å². The van der Waals surface area contributed by atoms with Crippen LogP contribution < -0.4 is 21.7 Å². The highest BCUT2D eigenvalue weighted by Gasteiger charge is 2.27. The predicted octanol–water partition coefficient (Wildman–Crippen LogP) is -0.365. The van der Waals surface area contributed by atoms with Crippen LogP contribution in [0, 0.1) is 5.92 Å². The Balaban J connectivity index is 1.96. The van der Waals surface area contributed by atoms with Crippen LogP contribution in [-0.4, -0.2) is 69.7 Å². The number of aromatic nitrogens is 1. The normalized spacial score (nSPS) is 14.8. The van der Waals surface area contributed by atoms with Gasteiger partial charge in [0.05, 0.1) is 18.7 Å². The van der Waals surface area contributed by atoms with E-state index in [0.717, 1.165) is 16.5 Å². The number of benzene rings is 1. The Morgan fingerprint density at radius 2 is 1.74 bits per heavy atom. The smallest absolute Gasteiger partial charge is 0.328 e.